The van der Waals surface area contributed by atoms with Crippen LogP contribution in [0.4, 0.5) is 17.3 Å². The minimum atomic E-state index is -0.379. The van der Waals surface area contributed by atoms with Crippen LogP contribution >= 0.6 is 15.9 Å². The number of hydrogen-bond acceptors (Lipinski definition) is 7. The highest BCUT2D eigenvalue weighted by molar-refractivity contribution is 9.10. The molecular formula is C19H23BrN5O5+. The molecule has 1 aromatic carbocycles. The molecule has 2 aromatic heterocycles. The van der Waals surface area contributed by atoms with E-state index >= 15 is 0 Å². The number of aryl methyl sites for hydroxylation is 1. The van der Waals surface area contributed by atoms with E-state index in [0.717, 1.165) is 5.76 Å². The largest absolute Gasteiger partial charge is 0.505 e. The van der Waals surface area contributed by atoms with Crippen LogP contribution in [0.15, 0.2) is 37.8 Å². The van der Waals surface area contributed by atoms with Crippen molar-refractivity contribution in [2.24, 2.45) is 0 Å². The Morgan fingerprint density at radius 1 is 1.33 bits per heavy atom. The van der Waals surface area contributed by atoms with Crippen LogP contribution in [0.2, 0.25) is 0 Å². The zero-order valence-corrected chi connectivity index (χ0v) is 18.5. The summed E-state index contributed by atoms with van der Waals surface area (Å²) in [6, 6.07) is 6.59. The Morgan fingerprint density at radius 2 is 2.07 bits per heavy atom. The lowest BCUT2D eigenvalue weighted by Gasteiger charge is -2.15. The molecule has 11 heteroatoms. The first kappa shape index (κ1) is 21.5. The third kappa shape index (κ3) is 4.20. The van der Waals surface area contributed by atoms with Crippen molar-refractivity contribution in [2.75, 3.05) is 24.7 Å². The van der Waals surface area contributed by atoms with Gasteiger partial charge in [0.15, 0.2) is 10.3 Å². The maximum Gasteiger partial charge on any atom is 0.367 e. The summed E-state index contributed by atoms with van der Waals surface area (Å²) in [6.45, 7) is 3.78. The van der Waals surface area contributed by atoms with E-state index in [1.54, 1.807) is 26.2 Å². The Labute approximate surface area is 180 Å². The second kappa shape index (κ2) is 8.66. The van der Waals surface area contributed by atoms with Crippen molar-refractivity contribution >= 4 is 39.2 Å². The lowest BCUT2D eigenvalue weighted by Crippen LogP contribution is -2.22. The van der Waals surface area contributed by atoms with Gasteiger partial charge in [0, 0.05) is 18.6 Å². The average molecular weight is 481 g/mol. The molecule has 0 bridgehead atoms. The van der Waals surface area contributed by atoms with E-state index < -0.39 is 0 Å². The number of H-pyrrole nitrogens is 1. The number of furan rings is 1. The van der Waals surface area contributed by atoms with Crippen LogP contribution in [0.3, 0.4) is 0 Å². The molecule has 1 atom stereocenters. The summed E-state index contributed by atoms with van der Waals surface area (Å²) in [5.74, 6) is 1.03. The van der Waals surface area contributed by atoms with Gasteiger partial charge in [-0.2, -0.15) is 0 Å². The van der Waals surface area contributed by atoms with Crippen molar-refractivity contribution in [3.8, 4) is 5.75 Å². The molecule has 30 heavy (non-hydrogen) atoms. The summed E-state index contributed by atoms with van der Waals surface area (Å²) in [5.41, 5.74) is 0.307. The van der Waals surface area contributed by atoms with Gasteiger partial charge in [-0.25, -0.2) is 0 Å². The van der Waals surface area contributed by atoms with Crippen LogP contribution in [0, 0.1) is 11.8 Å². The van der Waals surface area contributed by atoms with Gasteiger partial charge in [-0.05, 0) is 58.4 Å². The second-order valence-electron chi connectivity index (χ2n) is 6.87. The number of anilines is 3. The Kier molecular flexibility index (Phi) is 6.20. The average Bonchev–Trinajstić information content (AvgIpc) is 3.28. The van der Waals surface area contributed by atoms with Crippen molar-refractivity contribution < 1.29 is 23.5 Å². The number of phenolic OH excluding ortho intramolecular Hbond substituents is 1. The maximum absolute atomic E-state index is 12.4. The zero-order valence-electron chi connectivity index (χ0n) is 16.9. The second-order valence-corrected chi connectivity index (χ2v) is 7.73. The number of nitrogens with one attached hydrogen (secondary N) is 3. The lowest BCUT2D eigenvalue weighted by atomic mass is 10.1. The molecule has 2 heterocycles. The SMILES string of the molecule is CC[C@@H](Nc1c(Nc2ccc(Br)c(C(=O)N(C)C)c2O)[nH]o[n+]1=O)c1ccc(C)o1. The number of aromatic amines is 1. The van der Waals surface area contributed by atoms with Gasteiger partial charge < -0.3 is 19.7 Å². The van der Waals surface area contributed by atoms with Gasteiger partial charge >= 0.3 is 5.82 Å². The third-order valence-electron chi connectivity index (χ3n) is 4.48. The molecule has 160 valence electrons. The molecular weight excluding hydrogens is 458 g/mol. The number of carbonyl (C=O) groups excluding carboxylic acids is 1. The smallest absolute Gasteiger partial charge is 0.367 e. The molecule has 4 N–H and O–H groups in total. The van der Waals surface area contributed by atoms with Crippen molar-refractivity contribution in [1.29, 1.82) is 0 Å². The van der Waals surface area contributed by atoms with Gasteiger partial charge in [-0.3, -0.25) is 10.1 Å². The number of carbonyl (C=O) groups is 1. The van der Waals surface area contributed by atoms with E-state index in [-0.39, 0.29) is 45.2 Å². The summed E-state index contributed by atoms with van der Waals surface area (Å²) in [5, 5.41) is 19.1. The van der Waals surface area contributed by atoms with Gasteiger partial charge in [0.25, 0.3) is 11.7 Å². The van der Waals surface area contributed by atoms with Crippen molar-refractivity contribution in [3.05, 3.63) is 50.7 Å². The number of hydrogen-bond donors (Lipinski definition) is 4. The van der Waals surface area contributed by atoms with Crippen LogP contribution in [0.1, 0.15) is 41.3 Å². The summed E-state index contributed by atoms with van der Waals surface area (Å²) >= 11 is 3.29. The summed E-state index contributed by atoms with van der Waals surface area (Å²) in [6.07, 6.45) is 0.641. The third-order valence-corrected chi connectivity index (χ3v) is 5.14. The van der Waals surface area contributed by atoms with Gasteiger partial charge in [-0.15, -0.1) is 4.63 Å². The van der Waals surface area contributed by atoms with Crippen molar-refractivity contribution in [3.63, 3.8) is 0 Å². The van der Waals surface area contributed by atoms with Gasteiger partial charge in [0.1, 0.15) is 17.6 Å². The lowest BCUT2D eigenvalue weighted by molar-refractivity contribution is -0.701. The maximum atomic E-state index is 12.4. The normalized spacial score (nSPS) is 11.9. The molecule has 0 aliphatic rings. The summed E-state index contributed by atoms with van der Waals surface area (Å²) in [7, 11) is 3.17. The highest BCUT2D eigenvalue weighted by atomic mass is 79.9. The molecule has 1 amide bonds. The number of halogens is 1. The first-order valence-corrected chi connectivity index (χ1v) is 9.99. The van der Waals surface area contributed by atoms with Crippen LogP contribution in [-0.2, 0) is 0 Å². The number of benzene rings is 1. The Hall–Kier alpha value is -3.21. The van der Waals surface area contributed by atoms with Crippen molar-refractivity contribution in [2.45, 2.75) is 26.3 Å². The molecule has 0 aliphatic heterocycles. The Balaban J connectivity index is 1.93. The fourth-order valence-corrected chi connectivity index (χ4v) is 3.38. The predicted molar refractivity (Wildman–Crippen MR) is 114 cm³/mol. The van der Waals surface area contributed by atoms with E-state index in [1.807, 2.05) is 26.0 Å². The van der Waals surface area contributed by atoms with Crippen molar-refractivity contribution in [1.82, 2.24) is 10.1 Å². The molecule has 0 radical (unpaired) electrons. The van der Waals surface area contributed by atoms with E-state index in [9.17, 15) is 14.8 Å². The Morgan fingerprint density at radius 3 is 2.67 bits per heavy atom. The molecule has 0 aliphatic carbocycles. The fraction of sp³-hybridized carbons (Fsp3) is 0.316. The van der Waals surface area contributed by atoms with Gasteiger partial charge in [0.2, 0.25) is 0 Å². The molecule has 0 saturated heterocycles. The minimum absolute atomic E-state index is 0.0682. The molecule has 0 saturated carbocycles. The van der Waals surface area contributed by atoms with Crippen LogP contribution in [-0.4, -0.2) is 35.2 Å². The van der Waals surface area contributed by atoms with E-state index in [1.165, 1.54) is 4.90 Å². The first-order chi connectivity index (χ1) is 14.2. The number of aromatic nitrogens is 2. The van der Waals surface area contributed by atoms with Crippen LogP contribution < -0.4 is 15.2 Å². The molecule has 3 aromatic rings. The number of rotatable bonds is 7. The highest BCUT2D eigenvalue weighted by Gasteiger charge is 2.27. The number of nitrogens with zero attached hydrogens (tertiary/aromatic N) is 2. The molecule has 3 rings (SSSR count). The zero-order chi connectivity index (χ0) is 22.0. The first-order valence-electron chi connectivity index (χ1n) is 9.20. The molecule has 0 fully saturated rings. The quantitative estimate of drug-likeness (QED) is 0.377. The highest BCUT2D eigenvalue weighted by Crippen LogP contribution is 2.36. The van der Waals surface area contributed by atoms with E-state index in [4.69, 9.17) is 9.05 Å². The number of phenols is 1. The fourth-order valence-electron chi connectivity index (χ4n) is 2.89. The number of amides is 1. The van der Waals surface area contributed by atoms with Gasteiger partial charge in [0.05, 0.1) is 11.3 Å². The molecule has 0 unspecified atom stereocenters. The monoisotopic (exact) mass is 480 g/mol. The van der Waals surface area contributed by atoms with Crippen LogP contribution in [0.25, 0.3) is 0 Å². The molecule has 10 nitrogen and oxygen atoms in total. The summed E-state index contributed by atoms with van der Waals surface area (Å²) < 4.78 is 11.2. The topological polar surface area (TPSA) is 130 Å². The number of aromatic hydroxyl groups is 1. The van der Waals surface area contributed by atoms with E-state index in [0.29, 0.717) is 16.7 Å². The minimum Gasteiger partial charge on any atom is -0.505 e. The van der Waals surface area contributed by atoms with Crippen LogP contribution in [0.5, 0.6) is 5.75 Å². The summed E-state index contributed by atoms with van der Waals surface area (Å²) in [4.78, 5) is 25.9. The van der Waals surface area contributed by atoms with E-state index in [2.05, 4.69) is 31.7 Å². The predicted octanol–water partition coefficient (Wildman–Crippen LogP) is 3.90. The van der Waals surface area contributed by atoms with Gasteiger partial charge in [-0.1, -0.05) is 12.1 Å². The molecule has 0 spiro atoms. The Bertz CT molecular complexity index is 1120. The standard InChI is InChI=1S/C19H22BrN5O5/c1-5-12(14-9-6-10(2)29-14)22-18-17(23-30-25(18)28)21-13-8-7-11(20)15(16(13)26)19(27)24(3)4/h6-9,12H,5H2,1-4H3,(H3-,21,22,23,26,27,28)/p+1/t12-/m1/s1.